The second kappa shape index (κ2) is 8.56. The molecule has 1 saturated carbocycles. The van der Waals surface area contributed by atoms with Gasteiger partial charge in [0.2, 0.25) is 5.91 Å². The van der Waals surface area contributed by atoms with Gasteiger partial charge in [0, 0.05) is 25.2 Å². The number of nitrogens with one attached hydrogen (secondary N) is 2. The van der Waals surface area contributed by atoms with E-state index in [1.54, 1.807) is 17.8 Å². The highest BCUT2D eigenvalue weighted by Crippen LogP contribution is 2.25. The van der Waals surface area contributed by atoms with E-state index < -0.39 is 6.10 Å². The van der Waals surface area contributed by atoms with Crippen molar-refractivity contribution in [3.05, 3.63) is 52.8 Å². The zero-order chi connectivity index (χ0) is 20.3. The van der Waals surface area contributed by atoms with Crippen molar-refractivity contribution in [2.45, 2.75) is 51.8 Å². The van der Waals surface area contributed by atoms with E-state index in [1.807, 2.05) is 38.1 Å². The van der Waals surface area contributed by atoms with Crippen LogP contribution in [0.25, 0.3) is 0 Å². The van der Waals surface area contributed by atoms with Crippen LogP contribution in [0.3, 0.4) is 0 Å². The normalized spacial score (nSPS) is 21.9. The summed E-state index contributed by atoms with van der Waals surface area (Å²) in [5.74, 6) is -0.591. The molecule has 0 spiro atoms. The number of aliphatic hydroxyl groups excluding tert-OH is 1. The van der Waals surface area contributed by atoms with E-state index in [0.717, 1.165) is 16.8 Å². The van der Waals surface area contributed by atoms with Crippen LogP contribution in [0.2, 0.25) is 0 Å². The quantitative estimate of drug-likeness (QED) is 0.730. The first kappa shape index (κ1) is 20.1. The third-order valence-corrected chi connectivity index (χ3v) is 5.56. The summed E-state index contributed by atoms with van der Waals surface area (Å²) in [5, 5.41) is 20.4. The van der Waals surface area contributed by atoms with Crippen molar-refractivity contribution in [3.8, 4) is 0 Å². The van der Waals surface area contributed by atoms with Crippen molar-refractivity contribution in [2.24, 2.45) is 13.0 Å². The van der Waals surface area contributed by atoms with Gasteiger partial charge in [-0.25, -0.2) is 0 Å². The fourth-order valence-corrected chi connectivity index (χ4v) is 3.60. The number of aryl methyl sites for hydroxylation is 3. The summed E-state index contributed by atoms with van der Waals surface area (Å²) in [6, 6.07) is 9.29. The van der Waals surface area contributed by atoms with Gasteiger partial charge in [0.05, 0.1) is 12.1 Å². The molecule has 3 atom stereocenters. The molecule has 3 N–H and O–H groups in total. The van der Waals surface area contributed by atoms with Crippen LogP contribution in [-0.2, 0) is 18.4 Å². The zero-order valence-corrected chi connectivity index (χ0v) is 16.6. The number of hydrogen-bond acceptors (Lipinski definition) is 4. The van der Waals surface area contributed by atoms with Crippen LogP contribution in [0, 0.1) is 19.8 Å². The molecule has 1 heterocycles. The molecule has 1 aromatic heterocycles. The standard InChI is InChI=1S/C21H28N4O3/c1-13-6-4-5-7-16(13)12-22-20(27)15-8-9-17(19(26)11-15)23-21(28)18-10-14(2)25(3)24-18/h4-7,10,15,17,19,26H,8-9,11-12H2,1-3H3,(H,22,27)(H,23,28)/t15-,17+,19+/m0/s1. The number of hydrogen-bond donors (Lipinski definition) is 3. The Bertz CT molecular complexity index is 842. The van der Waals surface area contributed by atoms with E-state index in [9.17, 15) is 14.7 Å². The van der Waals surface area contributed by atoms with Gasteiger partial charge in [-0.3, -0.25) is 14.3 Å². The van der Waals surface area contributed by atoms with E-state index in [-0.39, 0.29) is 23.8 Å². The first-order chi connectivity index (χ1) is 13.3. The Labute approximate surface area is 165 Å². The first-order valence-electron chi connectivity index (χ1n) is 9.67. The van der Waals surface area contributed by atoms with Crippen LogP contribution in [-0.4, -0.2) is 38.8 Å². The fraction of sp³-hybridized carbons (Fsp3) is 0.476. The molecule has 1 aliphatic rings. The van der Waals surface area contributed by atoms with Gasteiger partial charge < -0.3 is 15.7 Å². The van der Waals surface area contributed by atoms with Gasteiger partial charge in [0.15, 0.2) is 0 Å². The van der Waals surface area contributed by atoms with Crippen molar-refractivity contribution < 1.29 is 14.7 Å². The molecule has 2 aromatic rings. The smallest absolute Gasteiger partial charge is 0.272 e. The number of aromatic nitrogens is 2. The molecule has 1 aromatic carbocycles. The van der Waals surface area contributed by atoms with Crippen LogP contribution in [0.15, 0.2) is 30.3 Å². The molecule has 7 nitrogen and oxygen atoms in total. The van der Waals surface area contributed by atoms with Gasteiger partial charge >= 0.3 is 0 Å². The second-order valence-corrected chi connectivity index (χ2v) is 7.60. The fourth-order valence-electron chi connectivity index (χ4n) is 3.60. The van der Waals surface area contributed by atoms with Crippen molar-refractivity contribution in [3.63, 3.8) is 0 Å². The van der Waals surface area contributed by atoms with Gasteiger partial charge in [-0.15, -0.1) is 0 Å². The maximum absolute atomic E-state index is 12.5. The van der Waals surface area contributed by atoms with E-state index >= 15 is 0 Å². The monoisotopic (exact) mass is 384 g/mol. The molecule has 0 aliphatic heterocycles. The average Bonchev–Trinajstić information content (AvgIpc) is 3.01. The number of carbonyl (C=O) groups excluding carboxylic acids is 2. The number of aliphatic hydroxyl groups is 1. The van der Waals surface area contributed by atoms with E-state index in [0.29, 0.717) is 31.5 Å². The Balaban J connectivity index is 1.50. The SMILES string of the molecule is Cc1ccccc1CNC(=O)[C@H]1CC[C@@H](NC(=O)c2cc(C)n(C)n2)[C@H](O)C1. The van der Waals surface area contributed by atoms with Gasteiger partial charge in [0.25, 0.3) is 5.91 Å². The lowest BCUT2D eigenvalue weighted by Crippen LogP contribution is -2.49. The molecular weight excluding hydrogens is 356 g/mol. The highest BCUT2D eigenvalue weighted by atomic mass is 16.3. The minimum absolute atomic E-state index is 0.0487. The van der Waals surface area contributed by atoms with Gasteiger partial charge in [-0.2, -0.15) is 5.10 Å². The highest BCUT2D eigenvalue weighted by molar-refractivity contribution is 5.92. The van der Waals surface area contributed by atoms with Crippen molar-refractivity contribution >= 4 is 11.8 Å². The lowest BCUT2D eigenvalue weighted by Gasteiger charge is -2.32. The molecule has 0 saturated heterocycles. The number of rotatable bonds is 5. The topological polar surface area (TPSA) is 96.3 Å². The third kappa shape index (κ3) is 4.59. The number of carbonyl (C=O) groups is 2. The molecule has 150 valence electrons. The molecule has 0 unspecified atom stereocenters. The second-order valence-electron chi connectivity index (χ2n) is 7.60. The molecule has 1 aliphatic carbocycles. The minimum Gasteiger partial charge on any atom is -0.391 e. The highest BCUT2D eigenvalue weighted by Gasteiger charge is 2.34. The average molecular weight is 384 g/mol. The van der Waals surface area contributed by atoms with E-state index in [1.165, 1.54) is 0 Å². The summed E-state index contributed by atoms with van der Waals surface area (Å²) in [5.41, 5.74) is 3.45. The third-order valence-electron chi connectivity index (χ3n) is 5.56. The Morgan fingerprint density at radius 3 is 2.64 bits per heavy atom. The Morgan fingerprint density at radius 1 is 1.25 bits per heavy atom. The first-order valence-corrected chi connectivity index (χ1v) is 9.67. The number of nitrogens with zero attached hydrogens (tertiary/aromatic N) is 2. The number of benzene rings is 1. The summed E-state index contributed by atoms with van der Waals surface area (Å²) in [7, 11) is 1.78. The van der Waals surface area contributed by atoms with Crippen LogP contribution >= 0.6 is 0 Å². The molecule has 28 heavy (non-hydrogen) atoms. The van der Waals surface area contributed by atoms with Crippen LogP contribution in [0.4, 0.5) is 0 Å². The summed E-state index contributed by atoms with van der Waals surface area (Å²) in [6.45, 7) is 4.37. The molecule has 0 bridgehead atoms. The van der Waals surface area contributed by atoms with Crippen molar-refractivity contribution in [2.75, 3.05) is 0 Å². The van der Waals surface area contributed by atoms with Gasteiger partial charge in [0.1, 0.15) is 5.69 Å². The Kier molecular flexibility index (Phi) is 6.14. The largest absolute Gasteiger partial charge is 0.391 e. The maximum atomic E-state index is 12.5. The molecule has 0 radical (unpaired) electrons. The molecule has 1 fully saturated rings. The summed E-state index contributed by atoms with van der Waals surface area (Å²) in [6.07, 6.45) is 0.771. The Hall–Kier alpha value is -2.67. The van der Waals surface area contributed by atoms with Gasteiger partial charge in [-0.1, -0.05) is 24.3 Å². The lowest BCUT2D eigenvalue weighted by atomic mass is 9.83. The van der Waals surface area contributed by atoms with Crippen LogP contribution in [0.1, 0.15) is 46.6 Å². The van der Waals surface area contributed by atoms with Gasteiger partial charge in [-0.05, 0) is 50.3 Å². The lowest BCUT2D eigenvalue weighted by molar-refractivity contribution is -0.127. The van der Waals surface area contributed by atoms with Crippen LogP contribution in [0.5, 0.6) is 0 Å². The zero-order valence-electron chi connectivity index (χ0n) is 16.6. The van der Waals surface area contributed by atoms with Crippen molar-refractivity contribution in [1.29, 1.82) is 0 Å². The molecule has 2 amide bonds. The minimum atomic E-state index is -0.753. The maximum Gasteiger partial charge on any atom is 0.272 e. The molecule has 3 rings (SSSR count). The summed E-state index contributed by atoms with van der Waals surface area (Å²) in [4.78, 5) is 24.8. The summed E-state index contributed by atoms with van der Waals surface area (Å²) < 4.78 is 1.64. The number of amides is 2. The predicted octanol–water partition coefficient (Wildman–Crippen LogP) is 1.61. The molecular formula is C21H28N4O3. The molecule has 7 heteroatoms. The predicted molar refractivity (Wildman–Crippen MR) is 106 cm³/mol. The van der Waals surface area contributed by atoms with Crippen LogP contribution < -0.4 is 10.6 Å². The van der Waals surface area contributed by atoms with E-state index in [2.05, 4.69) is 15.7 Å². The summed E-state index contributed by atoms with van der Waals surface area (Å²) >= 11 is 0. The van der Waals surface area contributed by atoms with Crippen molar-refractivity contribution in [1.82, 2.24) is 20.4 Å². The Morgan fingerprint density at radius 2 is 2.00 bits per heavy atom. The van der Waals surface area contributed by atoms with E-state index in [4.69, 9.17) is 0 Å².